The van der Waals surface area contributed by atoms with Crippen molar-refractivity contribution >= 4 is 5.97 Å². The minimum atomic E-state index is -0.142. The van der Waals surface area contributed by atoms with Gasteiger partial charge >= 0.3 is 5.97 Å². The minimum absolute atomic E-state index is 0.0303. The Labute approximate surface area is 107 Å². The highest BCUT2D eigenvalue weighted by Gasteiger charge is 2.19. The Morgan fingerprint density at radius 3 is 3.22 bits per heavy atom. The first-order chi connectivity index (χ1) is 8.76. The summed E-state index contributed by atoms with van der Waals surface area (Å²) in [7, 11) is 0. The third-order valence-electron chi connectivity index (χ3n) is 2.73. The molecule has 7 nitrogen and oxygen atoms in total. The van der Waals surface area contributed by atoms with Gasteiger partial charge in [0.15, 0.2) is 0 Å². The summed E-state index contributed by atoms with van der Waals surface area (Å²) in [6.07, 6.45) is 1.21. The molecular formula is C11H20N4O3. The van der Waals surface area contributed by atoms with Crippen molar-refractivity contribution in [2.24, 2.45) is 5.11 Å². The van der Waals surface area contributed by atoms with Gasteiger partial charge in [-0.05, 0) is 25.4 Å². The Kier molecular flexibility index (Phi) is 7.17. The van der Waals surface area contributed by atoms with Gasteiger partial charge in [-0.1, -0.05) is 5.11 Å². The number of nitrogens with zero attached hydrogens (tertiary/aromatic N) is 4. The van der Waals surface area contributed by atoms with Gasteiger partial charge in [-0.3, -0.25) is 9.69 Å². The van der Waals surface area contributed by atoms with Gasteiger partial charge in [0.2, 0.25) is 0 Å². The summed E-state index contributed by atoms with van der Waals surface area (Å²) in [5.74, 6) is -0.142. The van der Waals surface area contributed by atoms with Crippen LogP contribution in [0.25, 0.3) is 10.4 Å². The molecule has 0 radical (unpaired) electrons. The van der Waals surface area contributed by atoms with E-state index in [-0.39, 0.29) is 12.1 Å². The Hall–Kier alpha value is -1.30. The van der Waals surface area contributed by atoms with Crippen molar-refractivity contribution in [2.45, 2.75) is 25.9 Å². The summed E-state index contributed by atoms with van der Waals surface area (Å²) in [4.78, 5) is 16.1. The molecule has 1 aliphatic rings. The molecule has 0 aromatic heterocycles. The Balaban J connectivity index is 2.17. The van der Waals surface area contributed by atoms with E-state index in [1.54, 1.807) is 6.92 Å². The molecule has 0 saturated carbocycles. The Bertz CT molecular complexity index is 305. The van der Waals surface area contributed by atoms with Crippen molar-refractivity contribution in [1.29, 1.82) is 0 Å². The lowest BCUT2D eigenvalue weighted by molar-refractivity contribution is -0.143. The van der Waals surface area contributed by atoms with E-state index < -0.39 is 0 Å². The van der Waals surface area contributed by atoms with E-state index in [9.17, 15) is 4.79 Å². The molecule has 0 aromatic rings. The van der Waals surface area contributed by atoms with Crippen LogP contribution in [-0.4, -0.2) is 56.4 Å². The summed E-state index contributed by atoms with van der Waals surface area (Å²) < 4.78 is 10.3. The zero-order valence-corrected chi connectivity index (χ0v) is 10.7. The standard InChI is InChI=1S/C11H20N4O3/c1-2-17-11(16)4-3-5-15-6-7-18-10(9-15)8-13-14-12/h10H,2-9H2,1H3. The number of hydrogen-bond donors (Lipinski definition) is 0. The van der Waals surface area contributed by atoms with E-state index in [1.807, 2.05) is 0 Å². The van der Waals surface area contributed by atoms with Crippen LogP contribution in [0.5, 0.6) is 0 Å². The van der Waals surface area contributed by atoms with Crippen LogP contribution < -0.4 is 0 Å². The second-order valence-electron chi connectivity index (χ2n) is 4.12. The summed E-state index contributed by atoms with van der Waals surface area (Å²) >= 11 is 0. The molecular weight excluding hydrogens is 236 g/mol. The van der Waals surface area contributed by atoms with Crippen molar-refractivity contribution in [1.82, 2.24) is 4.90 Å². The van der Waals surface area contributed by atoms with Gasteiger partial charge in [0, 0.05) is 24.4 Å². The fourth-order valence-corrected chi connectivity index (χ4v) is 1.90. The lowest BCUT2D eigenvalue weighted by Crippen LogP contribution is -2.44. The lowest BCUT2D eigenvalue weighted by Gasteiger charge is -2.32. The maximum atomic E-state index is 11.2. The molecule has 0 amide bonds. The number of carbonyl (C=O) groups excluding carboxylic acids is 1. The highest BCUT2D eigenvalue weighted by Crippen LogP contribution is 2.07. The Morgan fingerprint density at radius 1 is 1.67 bits per heavy atom. The monoisotopic (exact) mass is 256 g/mol. The largest absolute Gasteiger partial charge is 0.466 e. The van der Waals surface area contributed by atoms with Gasteiger partial charge in [0.25, 0.3) is 0 Å². The van der Waals surface area contributed by atoms with Gasteiger partial charge in [-0.15, -0.1) is 0 Å². The van der Waals surface area contributed by atoms with E-state index in [0.29, 0.717) is 26.2 Å². The van der Waals surface area contributed by atoms with Crippen molar-refractivity contribution in [3.8, 4) is 0 Å². The number of rotatable bonds is 7. The van der Waals surface area contributed by atoms with E-state index in [2.05, 4.69) is 14.9 Å². The number of azide groups is 1. The molecule has 1 unspecified atom stereocenters. The molecule has 18 heavy (non-hydrogen) atoms. The molecule has 1 rings (SSSR count). The van der Waals surface area contributed by atoms with E-state index in [4.69, 9.17) is 15.0 Å². The number of ether oxygens (including phenoxy) is 2. The summed E-state index contributed by atoms with van der Waals surface area (Å²) in [5.41, 5.74) is 8.25. The summed E-state index contributed by atoms with van der Waals surface area (Å²) in [6.45, 7) is 5.70. The highest BCUT2D eigenvalue weighted by atomic mass is 16.5. The van der Waals surface area contributed by atoms with Gasteiger partial charge in [-0.2, -0.15) is 0 Å². The van der Waals surface area contributed by atoms with Gasteiger partial charge in [0.1, 0.15) is 0 Å². The van der Waals surface area contributed by atoms with Crippen molar-refractivity contribution in [3.63, 3.8) is 0 Å². The molecule has 0 bridgehead atoms. The SMILES string of the molecule is CCOC(=O)CCCN1CCOC(CN=[N+]=[N-])C1. The second kappa shape index (κ2) is 8.74. The van der Waals surface area contributed by atoms with Crippen LogP contribution in [0.3, 0.4) is 0 Å². The fourth-order valence-electron chi connectivity index (χ4n) is 1.90. The summed E-state index contributed by atoms with van der Waals surface area (Å²) in [6, 6.07) is 0. The van der Waals surface area contributed by atoms with E-state index >= 15 is 0 Å². The molecule has 7 heteroatoms. The third-order valence-corrected chi connectivity index (χ3v) is 2.73. The van der Waals surface area contributed by atoms with Crippen LogP contribution in [0.2, 0.25) is 0 Å². The molecule has 1 heterocycles. The van der Waals surface area contributed by atoms with Crippen LogP contribution in [0.1, 0.15) is 19.8 Å². The topological polar surface area (TPSA) is 87.5 Å². The predicted octanol–water partition coefficient (Wildman–Crippen LogP) is 1.34. The molecule has 1 fully saturated rings. The number of carbonyl (C=O) groups is 1. The van der Waals surface area contributed by atoms with E-state index in [0.717, 1.165) is 26.1 Å². The lowest BCUT2D eigenvalue weighted by atomic mass is 10.2. The normalized spacial score (nSPS) is 20.2. The number of morpholine rings is 1. The smallest absolute Gasteiger partial charge is 0.305 e. The molecule has 0 aromatic carbocycles. The van der Waals surface area contributed by atoms with Crippen LogP contribution in [-0.2, 0) is 14.3 Å². The number of hydrogen-bond acceptors (Lipinski definition) is 5. The molecule has 1 aliphatic heterocycles. The van der Waals surface area contributed by atoms with Crippen molar-refractivity contribution in [2.75, 3.05) is 39.4 Å². The van der Waals surface area contributed by atoms with Crippen molar-refractivity contribution < 1.29 is 14.3 Å². The molecule has 0 aliphatic carbocycles. The van der Waals surface area contributed by atoms with Crippen LogP contribution >= 0.6 is 0 Å². The van der Waals surface area contributed by atoms with Gasteiger partial charge in [-0.25, -0.2) is 0 Å². The van der Waals surface area contributed by atoms with Crippen LogP contribution in [0.15, 0.2) is 5.11 Å². The maximum absolute atomic E-state index is 11.2. The molecule has 102 valence electrons. The summed E-state index contributed by atoms with van der Waals surface area (Å²) in [5, 5.41) is 3.52. The zero-order valence-electron chi connectivity index (χ0n) is 10.7. The first-order valence-corrected chi connectivity index (χ1v) is 6.26. The second-order valence-corrected chi connectivity index (χ2v) is 4.12. The average Bonchev–Trinajstić information content (AvgIpc) is 2.37. The minimum Gasteiger partial charge on any atom is -0.466 e. The maximum Gasteiger partial charge on any atom is 0.305 e. The van der Waals surface area contributed by atoms with Gasteiger partial charge < -0.3 is 9.47 Å². The molecule has 1 atom stereocenters. The number of esters is 1. The van der Waals surface area contributed by atoms with Crippen LogP contribution in [0.4, 0.5) is 0 Å². The Morgan fingerprint density at radius 2 is 2.50 bits per heavy atom. The van der Waals surface area contributed by atoms with Crippen molar-refractivity contribution in [3.05, 3.63) is 10.4 Å². The first-order valence-electron chi connectivity index (χ1n) is 6.26. The third kappa shape index (κ3) is 5.86. The molecule has 0 spiro atoms. The quantitative estimate of drug-likeness (QED) is 0.297. The average molecular weight is 256 g/mol. The fraction of sp³-hybridized carbons (Fsp3) is 0.909. The van der Waals surface area contributed by atoms with E-state index in [1.165, 1.54) is 0 Å². The van der Waals surface area contributed by atoms with Gasteiger partial charge in [0.05, 0.1) is 25.9 Å². The first kappa shape index (κ1) is 14.8. The predicted molar refractivity (Wildman–Crippen MR) is 66.1 cm³/mol. The van der Waals surface area contributed by atoms with Crippen LogP contribution in [0, 0.1) is 0 Å². The highest BCUT2D eigenvalue weighted by molar-refractivity contribution is 5.69. The molecule has 1 saturated heterocycles. The molecule has 0 N–H and O–H groups in total. The zero-order chi connectivity index (χ0) is 13.2.